The van der Waals surface area contributed by atoms with E-state index in [4.69, 9.17) is 5.73 Å². The SMILES string of the molecule is CN(C)c1cc(CNC(=O)[C@@H]2CCCN2C)c(O)c2c1C[C@H]1C[C@H]3[C@H](N(C)C)C(=O)C(C(N)=O)C(=O)[C@@]3(O)C(=O)C1C2=O. The number of amides is 2. The lowest BCUT2D eigenvalue weighted by atomic mass is 9.52. The normalized spacial score (nSPS) is 32.3. The van der Waals surface area contributed by atoms with E-state index in [9.17, 15) is 39.0 Å². The van der Waals surface area contributed by atoms with Crippen LogP contribution in [0.1, 0.15) is 40.7 Å². The molecule has 43 heavy (non-hydrogen) atoms. The van der Waals surface area contributed by atoms with Crippen LogP contribution in [-0.2, 0) is 36.9 Å². The van der Waals surface area contributed by atoms with Crippen molar-refractivity contribution < 1.29 is 39.0 Å². The molecule has 3 fully saturated rings. The van der Waals surface area contributed by atoms with Gasteiger partial charge in [0.2, 0.25) is 11.8 Å². The van der Waals surface area contributed by atoms with Gasteiger partial charge in [0.05, 0.1) is 23.6 Å². The minimum Gasteiger partial charge on any atom is -0.507 e. The maximum Gasteiger partial charge on any atom is 0.237 e. The van der Waals surface area contributed by atoms with Crippen LogP contribution in [0.15, 0.2) is 6.07 Å². The number of Topliss-reactive ketones (excluding diaryl/α,β-unsaturated/α-hetero) is 4. The van der Waals surface area contributed by atoms with E-state index >= 15 is 0 Å². The number of rotatable bonds is 6. The van der Waals surface area contributed by atoms with Crippen molar-refractivity contribution in [1.82, 2.24) is 15.1 Å². The van der Waals surface area contributed by atoms with Gasteiger partial charge in [-0.2, -0.15) is 0 Å². The molecular formula is C30H39N5O8. The largest absolute Gasteiger partial charge is 0.507 e. The lowest BCUT2D eigenvalue weighted by Crippen LogP contribution is -2.74. The second kappa shape index (κ2) is 10.8. The number of aromatic hydroxyl groups is 1. The van der Waals surface area contributed by atoms with Gasteiger partial charge in [-0.25, -0.2) is 0 Å². The number of nitrogens with one attached hydrogen (secondary N) is 1. The van der Waals surface area contributed by atoms with Crippen molar-refractivity contribution >= 4 is 40.6 Å². The van der Waals surface area contributed by atoms with Gasteiger partial charge >= 0.3 is 0 Å². The fourth-order valence-electron chi connectivity index (χ4n) is 7.78. The number of nitrogens with two attached hydrogens (primary N) is 1. The van der Waals surface area contributed by atoms with Crippen LogP contribution in [-0.4, -0.2) is 114 Å². The lowest BCUT2D eigenvalue weighted by molar-refractivity contribution is -0.181. The molecule has 3 aliphatic carbocycles. The average Bonchev–Trinajstić information content (AvgIpc) is 3.35. The van der Waals surface area contributed by atoms with Gasteiger partial charge in [-0.15, -0.1) is 0 Å². The van der Waals surface area contributed by atoms with Gasteiger partial charge in [0.25, 0.3) is 0 Å². The first kappa shape index (κ1) is 30.8. The van der Waals surface area contributed by atoms with Gasteiger partial charge in [-0.05, 0) is 70.9 Å². The average molecular weight is 598 g/mol. The second-order valence-electron chi connectivity index (χ2n) is 12.8. The van der Waals surface area contributed by atoms with Crippen LogP contribution in [0, 0.1) is 23.7 Å². The summed E-state index contributed by atoms with van der Waals surface area (Å²) in [5.41, 5.74) is 3.90. The molecule has 4 aliphatic rings. The Morgan fingerprint density at radius 1 is 1.14 bits per heavy atom. The number of hydrogen-bond acceptors (Lipinski definition) is 11. The molecule has 1 aromatic rings. The van der Waals surface area contributed by atoms with Crippen LogP contribution >= 0.6 is 0 Å². The molecule has 2 saturated carbocycles. The fourth-order valence-corrected chi connectivity index (χ4v) is 7.78. The van der Waals surface area contributed by atoms with E-state index in [0.717, 1.165) is 13.0 Å². The zero-order valence-electron chi connectivity index (χ0n) is 25.0. The number of carbonyl (C=O) groups is 6. The third-order valence-electron chi connectivity index (χ3n) is 9.87. The Bertz CT molecular complexity index is 1440. The summed E-state index contributed by atoms with van der Waals surface area (Å²) in [5, 5.41) is 26.0. The van der Waals surface area contributed by atoms with E-state index in [-0.39, 0.29) is 48.2 Å². The van der Waals surface area contributed by atoms with E-state index in [0.29, 0.717) is 17.7 Å². The second-order valence-corrected chi connectivity index (χ2v) is 12.8. The zero-order chi connectivity index (χ0) is 31.7. The minimum absolute atomic E-state index is 0.0236. The summed E-state index contributed by atoms with van der Waals surface area (Å²) < 4.78 is 0. The highest BCUT2D eigenvalue weighted by molar-refractivity contribution is 6.32. The third kappa shape index (κ3) is 4.56. The number of fused-ring (bicyclic) bond motifs is 3. The van der Waals surface area contributed by atoms with Crippen LogP contribution in [0.4, 0.5) is 5.69 Å². The number of primary amides is 1. The smallest absolute Gasteiger partial charge is 0.237 e. The van der Waals surface area contributed by atoms with Crippen molar-refractivity contribution in [3.05, 3.63) is 22.8 Å². The van der Waals surface area contributed by atoms with E-state index in [1.807, 2.05) is 11.9 Å². The predicted molar refractivity (Wildman–Crippen MR) is 153 cm³/mol. The number of nitrogens with zero attached hydrogens (tertiary/aromatic N) is 3. The molecule has 2 unspecified atom stereocenters. The highest BCUT2D eigenvalue weighted by atomic mass is 16.3. The Hall–Kier alpha value is -3.68. The van der Waals surface area contributed by atoms with Crippen molar-refractivity contribution in [3.63, 3.8) is 0 Å². The topological polar surface area (TPSA) is 191 Å². The first-order valence-electron chi connectivity index (χ1n) is 14.5. The summed E-state index contributed by atoms with van der Waals surface area (Å²) in [5.74, 6) is -11.2. The molecule has 0 bridgehead atoms. The van der Waals surface area contributed by atoms with Crippen LogP contribution < -0.4 is 16.0 Å². The Morgan fingerprint density at radius 3 is 2.37 bits per heavy atom. The Balaban J connectivity index is 1.55. The number of anilines is 1. The van der Waals surface area contributed by atoms with Crippen molar-refractivity contribution in [2.24, 2.45) is 29.4 Å². The fraction of sp³-hybridized carbons (Fsp3) is 0.600. The van der Waals surface area contributed by atoms with Gasteiger partial charge in [-0.1, -0.05) is 0 Å². The first-order valence-corrected chi connectivity index (χ1v) is 14.5. The molecular weight excluding hydrogens is 558 g/mol. The summed E-state index contributed by atoms with van der Waals surface area (Å²) in [6, 6.07) is 0.252. The summed E-state index contributed by atoms with van der Waals surface area (Å²) in [4.78, 5) is 85.1. The molecule has 2 amide bonds. The summed E-state index contributed by atoms with van der Waals surface area (Å²) in [6.45, 7) is 0.743. The number of phenolic OH excluding ortho intramolecular Hbond substituents is 1. The number of aliphatic hydroxyl groups is 1. The van der Waals surface area contributed by atoms with Crippen molar-refractivity contribution in [2.75, 3.05) is 46.7 Å². The van der Waals surface area contributed by atoms with E-state index in [2.05, 4.69) is 5.32 Å². The minimum atomic E-state index is -2.78. The zero-order valence-corrected chi connectivity index (χ0v) is 25.0. The maximum atomic E-state index is 14.1. The number of likely N-dealkylation sites (tertiary alicyclic amines) is 1. The highest BCUT2D eigenvalue weighted by Gasteiger charge is 2.69. The monoisotopic (exact) mass is 597 g/mol. The third-order valence-corrected chi connectivity index (χ3v) is 9.87. The lowest BCUT2D eigenvalue weighted by Gasteiger charge is -2.52. The number of likely N-dealkylation sites (N-methyl/N-ethyl adjacent to an activating group) is 2. The molecule has 0 aromatic heterocycles. The molecule has 7 atom stereocenters. The summed E-state index contributed by atoms with van der Waals surface area (Å²) in [6.07, 6.45) is 1.75. The molecule has 1 aliphatic heterocycles. The Kier molecular flexibility index (Phi) is 7.72. The van der Waals surface area contributed by atoms with E-state index in [1.54, 1.807) is 39.2 Å². The predicted octanol–water partition coefficient (Wildman–Crippen LogP) is -1.36. The van der Waals surface area contributed by atoms with Gasteiger partial charge in [0.1, 0.15) is 5.75 Å². The number of hydrogen-bond donors (Lipinski definition) is 4. The quantitative estimate of drug-likeness (QED) is 0.283. The van der Waals surface area contributed by atoms with Crippen molar-refractivity contribution in [3.8, 4) is 5.75 Å². The molecule has 1 aromatic carbocycles. The molecule has 0 spiro atoms. The van der Waals surface area contributed by atoms with Gasteiger partial charge in [-0.3, -0.25) is 38.6 Å². The molecule has 5 rings (SSSR count). The van der Waals surface area contributed by atoms with Crippen LogP contribution in [0.25, 0.3) is 0 Å². The molecule has 13 nitrogen and oxygen atoms in total. The number of carbonyl (C=O) groups excluding carboxylic acids is 6. The van der Waals surface area contributed by atoms with Crippen LogP contribution in [0.3, 0.4) is 0 Å². The molecule has 1 heterocycles. The summed E-state index contributed by atoms with van der Waals surface area (Å²) >= 11 is 0. The van der Waals surface area contributed by atoms with Crippen LogP contribution in [0.2, 0.25) is 0 Å². The van der Waals surface area contributed by atoms with E-state index in [1.165, 1.54) is 4.90 Å². The van der Waals surface area contributed by atoms with E-state index < -0.39 is 64.4 Å². The number of benzene rings is 1. The molecule has 0 radical (unpaired) electrons. The van der Waals surface area contributed by atoms with Gasteiger partial charge < -0.3 is 26.2 Å². The molecule has 232 valence electrons. The number of phenols is 1. The highest BCUT2D eigenvalue weighted by Crippen LogP contribution is 2.52. The van der Waals surface area contributed by atoms with Crippen molar-refractivity contribution in [1.29, 1.82) is 0 Å². The van der Waals surface area contributed by atoms with Gasteiger partial charge in [0.15, 0.2) is 34.7 Å². The van der Waals surface area contributed by atoms with Gasteiger partial charge in [0, 0.05) is 37.8 Å². The first-order chi connectivity index (χ1) is 20.1. The summed E-state index contributed by atoms with van der Waals surface area (Å²) in [7, 11) is 8.50. The van der Waals surface area contributed by atoms with Crippen molar-refractivity contribution in [2.45, 2.75) is 49.9 Å². The molecule has 5 N–H and O–H groups in total. The molecule has 1 saturated heterocycles. The Morgan fingerprint density at radius 2 is 1.81 bits per heavy atom. The maximum absolute atomic E-state index is 14.1. The molecule has 13 heteroatoms. The van der Waals surface area contributed by atoms with Crippen LogP contribution in [0.5, 0.6) is 5.75 Å². The number of ketones is 4. The Labute approximate surface area is 249 Å². The standard InChI is InChI=1S/C30H39N5O8/c1-33(2)18-11-14(12-32-29(42)17-7-6-8-35(17)5)23(36)20-15(18)9-13-10-16-22(34(3)4)25(38)21(28(31)41)27(40)30(16,43)26(39)19(13)24(20)37/h11,13,16-17,19,21-22,36,43H,6-10,12H2,1-5H3,(H2,31,41)(H,32,42)/t13-,16-,17-,19?,21?,22-,30-/m0/s1.